The van der Waals surface area contributed by atoms with Crippen molar-refractivity contribution in [3.63, 3.8) is 0 Å². The van der Waals surface area contributed by atoms with Gasteiger partial charge in [0.15, 0.2) is 0 Å². The summed E-state index contributed by atoms with van der Waals surface area (Å²) in [6, 6.07) is 2.90. The van der Waals surface area contributed by atoms with Crippen molar-refractivity contribution in [2.45, 2.75) is 5.60 Å². The van der Waals surface area contributed by atoms with E-state index in [1.807, 2.05) is 0 Å². The largest absolute Gasteiger partial charge is 0.390 e. The van der Waals surface area contributed by atoms with Gasteiger partial charge in [-0.25, -0.2) is 13.8 Å². The molecule has 1 aromatic rings. The van der Waals surface area contributed by atoms with Gasteiger partial charge in [0.25, 0.3) is 0 Å². The van der Waals surface area contributed by atoms with Crippen molar-refractivity contribution < 1.29 is 19.0 Å². The Kier molecular flexibility index (Phi) is 5.79. The predicted molar refractivity (Wildman–Crippen MR) is 84.4 cm³/mol. The van der Waals surface area contributed by atoms with Gasteiger partial charge in [0, 0.05) is 17.8 Å². The Labute approximate surface area is 137 Å². The first-order valence-corrected chi connectivity index (χ1v) is 6.98. The zero-order valence-electron chi connectivity index (χ0n) is 12.7. The fraction of sp³-hybridized carbons (Fsp3) is 0.286. The maximum atomic E-state index is 14.1. The summed E-state index contributed by atoms with van der Waals surface area (Å²) in [6.07, 6.45) is 3.65. The van der Waals surface area contributed by atoms with Crippen LogP contribution in [0.2, 0.25) is 0 Å². The summed E-state index contributed by atoms with van der Waals surface area (Å²) >= 11 is 0. The molecule has 0 saturated heterocycles. The van der Waals surface area contributed by atoms with Crippen molar-refractivity contribution in [3.05, 3.63) is 47.3 Å². The molecular weight excluding hydrogens is 322 g/mol. The highest BCUT2D eigenvalue weighted by Crippen LogP contribution is 2.26. The molecule has 1 aromatic carbocycles. The van der Waals surface area contributed by atoms with E-state index in [1.165, 1.54) is 11.2 Å². The molecule has 0 radical (unpaired) electrons. The van der Waals surface area contributed by atoms with E-state index in [9.17, 15) is 13.9 Å². The monoisotopic (exact) mass is 340 g/mol. The van der Waals surface area contributed by atoms with Crippen LogP contribution < -0.4 is 16.7 Å². The number of hydrazine groups is 2. The molecule has 10 heteroatoms. The van der Waals surface area contributed by atoms with Crippen molar-refractivity contribution in [1.29, 1.82) is 0 Å². The van der Waals surface area contributed by atoms with Crippen LogP contribution in [0.4, 0.5) is 8.78 Å². The van der Waals surface area contributed by atoms with Crippen molar-refractivity contribution in [1.82, 2.24) is 16.0 Å². The van der Waals surface area contributed by atoms with E-state index < -0.39 is 17.2 Å². The van der Waals surface area contributed by atoms with Gasteiger partial charge in [0.2, 0.25) is 0 Å². The van der Waals surface area contributed by atoms with Gasteiger partial charge in [-0.3, -0.25) is 10.0 Å². The number of hydrogen-bond donors (Lipinski definition) is 5. The first-order valence-electron chi connectivity index (χ1n) is 6.98. The molecule has 24 heavy (non-hydrogen) atoms. The summed E-state index contributed by atoms with van der Waals surface area (Å²) in [5.74, 6) is -1.65. The second-order valence-electron chi connectivity index (χ2n) is 5.09. The van der Waals surface area contributed by atoms with Gasteiger partial charge in [-0.1, -0.05) is 6.07 Å². The summed E-state index contributed by atoms with van der Waals surface area (Å²) in [7, 11) is 0. The zero-order valence-corrected chi connectivity index (χ0v) is 12.7. The van der Waals surface area contributed by atoms with Gasteiger partial charge in [-0.05, 0) is 6.07 Å². The third-order valence-corrected chi connectivity index (χ3v) is 3.29. The van der Waals surface area contributed by atoms with Gasteiger partial charge < -0.3 is 21.4 Å². The Hall–Kier alpha value is -2.56. The lowest BCUT2D eigenvalue weighted by atomic mass is 9.93. The Morgan fingerprint density at radius 2 is 2.17 bits per heavy atom. The van der Waals surface area contributed by atoms with Crippen molar-refractivity contribution in [3.8, 4) is 0 Å². The molecule has 1 atom stereocenters. The molecule has 2 rings (SSSR count). The number of nitrogens with two attached hydrogens (primary N) is 1. The van der Waals surface area contributed by atoms with Gasteiger partial charge in [-0.15, -0.1) is 5.53 Å². The minimum absolute atomic E-state index is 0.120. The third kappa shape index (κ3) is 4.25. The first kappa shape index (κ1) is 17.8. The fourth-order valence-electron chi connectivity index (χ4n) is 2.21. The van der Waals surface area contributed by atoms with E-state index in [2.05, 4.69) is 20.9 Å². The molecule has 0 aliphatic carbocycles. The summed E-state index contributed by atoms with van der Waals surface area (Å²) in [4.78, 5) is 7.47. The highest BCUT2D eigenvalue weighted by molar-refractivity contribution is 5.69. The lowest BCUT2D eigenvalue weighted by molar-refractivity contribution is 0.00507. The molecule has 6 N–H and O–H groups in total. The van der Waals surface area contributed by atoms with E-state index in [4.69, 9.17) is 10.8 Å². The van der Waals surface area contributed by atoms with Crippen LogP contribution in [0, 0.1) is 11.6 Å². The van der Waals surface area contributed by atoms with Crippen LogP contribution in [0.3, 0.4) is 0 Å². The summed E-state index contributed by atoms with van der Waals surface area (Å²) in [6.45, 7) is -0.612. The molecule has 0 spiro atoms. The number of aliphatic imine (C=N–C) groups is 2. The molecule has 0 fully saturated rings. The second-order valence-corrected chi connectivity index (χ2v) is 5.09. The first-order chi connectivity index (χ1) is 11.5. The summed E-state index contributed by atoms with van der Waals surface area (Å²) in [5, 5.41) is 21.4. The number of hydrogen-bond acceptors (Lipinski definition) is 6. The second kappa shape index (κ2) is 7.81. The fourth-order valence-corrected chi connectivity index (χ4v) is 2.21. The number of halogens is 2. The lowest BCUT2D eigenvalue weighted by Crippen LogP contribution is -2.47. The van der Waals surface area contributed by atoms with Crippen LogP contribution in [-0.4, -0.2) is 47.6 Å². The molecule has 8 nitrogen and oxygen atoms in total. The standard InChI is InChI=1S/C14H18F2N6O2/c15-10-1-2-12(13(16)3-10)14(24,6-18-9-19-8-17)7-22-4-11(5-23)20-21-22/h1-4,8-9,20-21,23-24H,5-7H2,(H2,17,18,19). The normalized spacial score (nSPS) is 17.3. The highest BCUT2D eigenvalue weighted by Gasteiger charge is 2.35. The summed E-state index contributed by atoms with van der Waals surface area (Å²) < 4.78 is 27.3. The number of benzene rings is 1. The minimum atomic E-state index is -1.78. The predicted octanol–water partition coefficient (Wildman–Crippen LogP) is -0.674. The molecule has 0 bridgehead atoms. The molecule has 0 aromatic heterocycles. The number of β-amino-alcohol motifs (C(OH)–C–C–N with tert-alkyl or cyclic N) is 1. The molecule has 130 valence electrons. The Morgan fingerprint density at radius 1 is 1.38 bits per heavy atom. The van der Waals surface area contributed by atoms with E-state index in [1.54, 1.807) is 0 Å². The van der Waals surface area contributed by atoms with E-state index >= 15 is 0 Å². The SMILES string of the molecule is NC=NC=NCC(O)(CN1C=C(CO)NN1)c1ccc(F)cc1F. The van der Waals surface area contributed by atoms with Crippen LogP contribution in [-0.2, 0) is 5.60 Å². The van der Waals surface area contributed by atoms with E-state index in [0.29, 0.717) is 11.8 Å². The van der Waals surface area contributed by atoms with Crippen LogP contribution in [0.1, 0.15) is 5.56 Å². The van der Waals surface area contributed by atoms with E-state index in [0.717, 1.165) is 24.8 Å². The third-order valence-electron chi connectivity index (χ3n) is 3.29. The molecule has 1 unspecified atom stereocenters. The Bertz CT molecular complexity index is 667. The molecule has 1 heterocycles. The van der Waals surface area contributed by atoms with Crippen LogP contribution in [0.15, 0.2) is 40.1 Å². The average molecular weight is 340 g/mol. The number of aliphatic hydroxyl groups excluding tert-OH is 1. The minimum Gasteiger partial charge on any atom is -0.390 e. The average Bonchev–Trinajstić information content (AvgIpc) is 2.99. The quantitative estimate of drug-likeness (QED) is 0.332. The molecule has 0 amide bonds. The van der Waals surface area contributed by atoms with Crippen LogP contribution >= 0.6 is 0 Å². The molecule has 1 aliphatic heterocycles. The maximum absolute atomic E-state index is 14.1. The van der Waals surface area contributed by atoms with E-state index in [-0.39, 0.29) is 25.3 Å². The van der Waals surface area contributed by atoms with Gasteiger partial charge in [0.05, 0.1) is 31.7 Å². The number of rotatable bonds is 7. The summed E-state index contributed by atoms with van der Waals surface area (Å²) in [5.41, 5.74) is 9.01. The highest BCUT2D eigenvalue weighted by atomic mass is 19.1. The maximum Gasteiger partial charge on any atom is 0.132 e. The Morgan fingerprint density at radius 3 is 2.79 bits per heavy atom. The van der Waals surface area contributed by atoms with Gasteiger partial charge in [0.1, 0.15) is 23.6 Å². The van der Waals surface area contributed by atoms with Crippen molar-refractivity contribution >= 4 is 12.7 Å². The van der Waals surface area contributed by atoms with Crippen LogP contribution in [0.5, 0.6) is 0 Å². The molecular formula is C14H18F2N6O2. The van der Waals surface area contributed by atoms with Crippen LogP contribution in [0.25, 0.3) is 0 Å². The molecule has 1 aliphatic rings. The zero-order chi connectivity index (χ0) is 17.6. The number of aliphatic hydroxyl groups is 2. The number of nitrogens with zero attached hydrogens (tertiary/aromatic N) is 3. The number of nitrogens with one attached hydrogen (secondary N) is 2. The molecule has 0 saturated carbocycles. The van der Waals surface area contributed by atoms with Crippen molar-refractivity contribution in [2.24, 2.45) is 15.7 Å². The van der Waals surface area contributed by atoms with Gasteiger partial charge >= 0.3 is 0 Å². The smallest absolute Gasteiger partial charge is 0.132 e. The lowest BCUT2D eigenvalue weighted by Gasteiger charge is -2.31. The van der Waals surface area contributed by atoms with Gasteiger partial charge in [-0.2, -0.15) is 0 Å². The Balaban J connectivity index is 2.28. The van der Waals surface area contributed by atoms with Crippen molar-refractivity contribution in [2.75, 3.05) is 19.7 Å². The topological polar surface area (TPSA) is 118 Å².